The molecule has 0 saturated carbocycles. The van der Waals surface area contributed by atoms with E-state index in [0.29, 0.717) is 11.5 Å². The summed E-state index contributed by atoms with van der Waals surface area (Å²) in [6.45, 7) is 1.87. The van der Waals surface area contributed by atoms with Crippen LogP contribution in [0.1, 0.15) is 22.6 Å². The van der Waals surface area contributed by atoms with Crippen LogP contribution in [0, 0.1) is 6.92 Å². The Kier molecular flexibility index (Phi) is 3.16. The van der Waals surface area contributed by atoms with E-state index in [1.165, 1.54) is 12.1 Å². The molecule has 1 aromatic carbocycles. The Morgan fingerprint density at radius 2 is 1.81 bits per heavy atom. The van der Waals surface area contributed by atoms with Crippen molar-refractivity contribution in [3.05, 3.63) is 65.1 Å². The number of halogens is 3. The highest BCUT2D eigenvalue weighted by atomic mass is 19.4. The number of alkyl halides is 3. The zero-order valence-electron chi connectivity index (χ0n) is 11.2. The molecule has 0 amide bonds. The van der Waals surface area contributed by atoms with E-state index in [2.05, 4.69) is 10.1 Å². The van der Waals surface area contributed by atoms with E-state index >= 15 is 0 Å². The van der Waals surface area contributed by atoms with Gasteiger partial charge in [-0.3, -0.25) is 0 Å². The van der Waals surface area contributed by atoms with Crippen molar-refractivity contribution in [3.63, 3.8) is 0 Å². The lowest BCUT2D eigenvalue weighted by atomic mass is 10.0. The SMILES string of the molecule is Cc1cccc2nc(Cc3ccccc3C(F)(F)F)nn12. The maximum absolute atomic E-state index is 13.0. The van der Waals surface area contributed by atoms with E-state index in [4.69, 9.17) is 0 Å². The molecule has 108 valence electrons. The number of nitrogens with zero attached hydrogens (tertiary/aromatic N) is 3. The first-order chi connectivity index (χ1) is 9.95. The molecule has 2 heterocycles. The van der Waals surface area contributed by atoms with Crippen molar-refractivity contribution in [3.8, 4) is 0 Å². The van der Waals surface area contributed by atoms with Crippen LogP contribution in [0.15, 0.2) is 42.5 Å². The Balaban J connectivity index is 2.01. The van der Waals surface area contributed by atoms with Crippen molar-refractivity contribution in [2.24, 2.45) is 0 Å². The van der Waals surface area contributed by atoms with Crippen LogP contribution in [0.3, 0.4) is 0 Å². The first kappa shape index (κ1) is 13.6. The largest absolute Gasteiger partial charge is 0.416 e. The van der Waals surface area contributed by atoms with Crippen LogP contribution in [0.4, 0.5) is 13.2 Å². The van der Waals surface area contributed by atoms with Gasteiger partial charge in [0.05, 0.1) is 5.56 Å². The summed E-state index contributed by atoms with van der Waals surface area (Å²) in [7, 11) is 0. The molecule has 0 aliphatic rings. The number of aryl methyl sites for hydroxylation is 1. The third kappa shape index (κ3) is 2.61. The number of hydrogen-bond acceptors (Lipinski definition) is 2. The molecule has 0 spiro atoms. The van der Waals surface area contributed by atoms with E-state index in [1.54, 1.807) is 16.6 Å². The van der Waals surface area contributed by atoms with Crippen molar-refractivity contribution in [2.45, 2.75) is 19.5 Å². The summed E-state index contributed by atoms with van der Waals surface area (Å²) < 4.78 is 40.6. The van der Waals surface area contributed by atoms with Gasteiger partial charge in [-0.25, -0.2) is 9.50 Å². The first-order valence-electron chi connectivity index (χ1n) is 6.41. The van der Waals surface area contributed by atoms with Crippen LogP contribution in [0.5, 0.6) is 0 Å². The molecule has 0 bridgehead atoms. The summed E-state index contributed by atoms with van der Waals surface area (Å²) in [5.74, 6) is 0.376. The molecule has 0 aliphatic carbocycles. The van der Waals surface area contributed by atoms with Gasteiger partial charge in [-0.15, -0.1) is 0 Å². The number of pyridine rings is 1. The molecule has 0 atom stereocenters. The van der Waals surface area contributed by atoms with Crippen molar-refractivity contribution in [1.29, 1.82) is 0 Å². The fraction of sp³-hybridized carbons (Fsp3) is 0.200. The molecule has 0 unspecified atom stereocenters. The predicted octanol–water partition coefficient (Wildman–Crippen LogP) is 3.65. The van der Waals surface area contributed by atoms with Crippen molar-refractivity contribution in [1.82, 2.24) is 14.6 Å². The molecular formula is C15H12F3N3. The zero-order chi connectivity index (χ0) is 15.0. The molecule has 21 heavy (non-hydrogen) atoms. The Labute approximate surface area is 119 Å². The monoisotopic (exact) mass is 291 g/mol. The van der Waals surface area contributed by atoms with Gasteiger partial charge in [-0.1, -0.05) is 24.3 Å². The lowest BCUT2D eigenvalue weighted by Gasteiger charge is -2.11. The highest BCUT2D eigenvalue weighted by molar-refractivity contribution is 5.40. The maximum atomic E-state index is 13.0. The van der Waals surface area contributed by atoms with E-state index in [9.17, 15) is 13.2 Å². The van der Waals surface area contributed by atoms with Gasteiger partial charge in [-0.05, 0) is 30.7 Å². The molecular weight excluding hydrogens is 279 g/mol. The van der Waals surface area contributed by atoms with E-state index in [-0.39, 0.29) is 12.0 Å². The topological polar surface area (TPSA) is 30.2 Å². The fourth-order valence-corrected chi connectivity index (χ4v) is 2.28. The van der Waals surface area contributed by atoms with Gasteiger partial charge < -0.3 is 0 Å². The molecule has 3 rings (SSSR count). The van der Waals surface area contributed by atoms with Crippen LogP contribution in [-0.4, -0.2) is 14.6 Å². The van der Waals surface area contributed by atoms with Crippen LogP contribution in [0.2, 0.25) is 0 Å². The van der Waals surface area contributed by atoms with Crippen LogP contribution in [0.25, 0.3) is 5.65 Å². The lowest BCUT2D eigenvalue weighted by molar-refractivity contribution is -0.138. The van der Waals surface area contributed by atoms with Gasteiger partial charge in [0.25, 0.3) is 0 Å². The standard InChI is InChI=1S/C15H12F3N3/c1-10-5-4-8-14-19-13(20-21(10)14)9-11-6-2-3-7-12(11)15(16,17)18/h2-8H,9H2,1H3. The molecule has 0 N–H and O–H groups in total. The van der Waals surface area contributed by atoms with Crippen LogP contribution < -0.4 is 0 Å². The van der Waals surface area contributed by atoms with Gasteiger partial charge >= 0.3 is 6.18 Å². The summed E-state index contributed by atoms with van der Waals surface area (Å²) in [6, 6.07) is 11.0. The van der Waals surface area contributed by atoms with Gasteiger partial charge in [0.15, 0.2) is 11.5 Å². The smallest absolute Gasteiger partial charge is 0.218 e. The average molecular weight is 291 g/mol. The highest BCUT2D eigenvalue weighted by Gasteiger charge is 2.33. The molecule has 0 aliphatic heterocycles. The molecule has 6 heteroatoms. The second-order valence-corrected chi connectivity index (χ2v) is 4.80. The Hall–Kier alpha value is -2.37. The second-order valence-electron chi connectivity index (χ2n) is 4.80. The van der Waals surface area contributed by atoms with E-state index in [0.717, 1.165) is 11.8 Å². The zero-order valence-corrected chi connectivity index (χ0v) is 11.2. The summed E-state index contributed by atoms with van der Waals surface area (Å²) in [5, 5.41) is 4.27. The Bertz CT molecular complexity index is 790. The van der Waals surface area contributed by atoms with Crippen molar-refractivity contribution < 1.29 is 13.2 Å². The molecule has 0 fully saturated rings. The van der Waals surface area contributed by atoms with Crippen molar-refractivity contribution >= 4 is 5.65 Å². The predicted molar refractivity (Wildman–Crippen MR) is 72.0 cm³/mol. The van der Waals surface area contributed by atoms with Crippen LogP contribution in [-0.2, 0) is 12.6 Å². The normalized spacial score (nSPS) is 12.0. The lowest BCUT2D eigenvalue weighted by Crippen LogP contribution is -2.09. The highest BCUT2D eigenvalue weighted by Crippen LogP contribution is 2.32. The number of rotatable bonds is 2. The second kappa shape index (κ2) is 4.87. The minimum Gasteiger partial charge on any atom is -0.218 e. The number of aromatic nitrogens is 3. The summed E-state index contributed by atoms with van der Waals surface area (Å²) in [5.41, 5.74) is 1.06. The molecule has 3 nitrogen and oxygen atoms in total. The number of hydrogen-bond donors (Lipinski definition) is 0. The fourth-order valence-electron chi connectivity index (χ4n) is 2.28. The van der Waals surface area contributed by atoms with Crippen molar-refractivity contribution in [2.75, 3.05) is 0 Å². The quantitative estimate of drug-likeness (QED) is 0.721. The first-order valence-corrected chi connectivity index (χ1v) is 6.41. The van der Waals surface area contributed by atoms with E-state index in [1.807, 2.05) is 19.1 Å². The van der Waals surface area contributed by atoms with Gasteiger partial charge in [0.1, 0.15) is 0 Å². The molecule has 2 aromatic heterocycles. The van der Waals surface area contributed by atoms with Gasteiger partial charge in [0.2, 0.25) is 0 Å². The summed E-state index contributed by atoms with van der Waals surface area (Å²) in [6.07, 6.45) is -4.32. The number of benzene rings is 1. The third-order valence-electron chi connectivity index (χ3n) is 3.26. The Morgan fingerprint density at radius 3 is 2.52 bits per heavy atom. The molecule has 0 radical (unpaired) electrons. The third-order valence-corrected chi connectivity index (χ3v) is 3.26. The molecule has 0 saturated heterocycles. The maximum Gasteiger partial charge on any atom is 0.416 e. The summed E-state index contributed by atoms with van der Waals surface area (Å²) >= 11 is 0. The Morgan fingerprint density at radius 1 is 1.05 bits per heavy atom. The average Bonchev–Trinajstić information content (AvgIpc) is 2.82. The number of fused-ring (bicyclic) bond motifs is 1. The summed E-state index contributed by atoms with van der Waals surface area (Å²) in [4.78, 5) is 4.28. The van der Waals surface area contributed by atoms with E-state index < -0.39 is 11.7 Å². The molecule has 3 aromatic rings. The van der Waals surface area contributed by atoms with Gasteiger partial charge in [-0.2, -0.15) is 18.3 Å². The minimum atomic E-state index is -4.37. The minimum absolute atomic E-state index is 0.0524. The van der Waals surface area contributed by atoms with Gasteiger partial charge in [0, 0.05) is 12.1 Å². The van der Waals surface area contributed by atoms with Crippen LogP contribution >= 0.6 is 0 Å².